The van der Waals surface area contributed by atoms with E-state index in [1.165, 1.54) is 6.92 Å². The lowest BCUT2D eigenvalue weighted by molar-refractivity contribution is -0.123. The molecule has 0 aliphatic rings. The van der Waals surface area contributed by atoms with Crippen LogP contribution in [0.25, 0.3) is 0 Å². The summed E-state index contributed by atoms with van der Waals surface area (Å²) in [6, 6.07) is 13.8. The maximum absolute atomic E-state index is 12.2. The molecule has 1 atom stereocenters. The van der Waals surface area contributed by atoms with E-state index in [-0.39, 0.29) is 0 Å². The Hall–Kier alpha value is -3.13. The molecule has 5 heteroatoms. The SMILES string of the molecule is Cc1cc(C)cc(C(=O)O[C@H](C)C(=O)Nc2ccc(C#N)cc2)c1. The molecule has 1 N–H and O–H groups in total. The summed E-state index contributed by atoms with van der Waals surface area (Å²) in [4.78, 5) is 24.3. The molecule has 0 radical (unpaired) electrons. The molecule has 0 aliphatic carbocycles. The highest BCUT2D eigenvalue weighted by Gasteiger charge is 2.19. The van der Waals surface area contributed by atoms with Crippen LogP contribution in [-0.2, 0) is 9.53 Å². The maximum atomic E-state index is 12.2. The molecule has 0 aromatic heterocycles. The van der Waals surface area contributed by atoms with Gasteiger partial charge in [-0.2, -0.15) is 5.26 Å². The Labute approximate surface area is 140 Å². The number of ether oxygens (including phenoxy) is 1. The third-order valence-corrected chi connectivity index (χ3v) is 3.39. The fraction of sp³-hybridized carbons (Fsp3) is 0.211. The van der Waals surface area contributed by atoms with Crippen LogP contribution in [0.5, 0.6) is 0 Å². The molecule has 1 amide bonds. The van der Waals surface area contributed by atoms with Gasteiger partial charge in [-0.3, -0.25) is 4.79 Å². The van der Waals surface area contributed by atoms with Gasteiger partial charge in [-0.15, -0.1) is 0 Å². The largest absolute Gasteiger partial charge is 0.449 e. The second-order valence-corrected chi connectivity index (χ2v) is 5.60. The summed E-state index contributed by atoms with van der Waals surface area (Å²) >= 11 is 0. The summed E-state index contributed by atoms with van der Waals surface area (Å²) in [6.07, 6.45) is -0.936. The fourth-order valence-electron chi connectivity index (χ4n) is 2.25. The molecule has 5 nitrogen and oxygen atoms in total. The number of anilines is 1. The summed E-state index contributed by atoms with van der Waals surface area (Å²) in [5.74, 6) is -0.971. The molecule has 0 unspecified atom stereocenters. The van der Waals surface area contributed by atoms with Crippen LogP contribution in [-0.4, -0.2) is 18.0 Å². The monoisotopic (exact) mass is 322 g/mol. The van der Waals surface area contributed by atoms with Gasteiger partial charge in [0.15, 0.2) is 6.10 Å². The third kappa shape index (κ3) is 4.43. The quantitative estimate of drug-likeness (QED) is 0.875. The number of aryl methyl sites for hydroxylation is 2. The van der Waals surface area contributed by atoms with Crippen molar-refractivity contribution < 1.29 is 14.3 Å². The van der Waals surface area contributed by atoms with Crippen LogP contribution in [0.3, 0.4) is 0 Å². The molecule has 2 aromatic carbocycles. The lowest BCUT2D eigenvalue weighted by Gasteiger charge is -2.14. The molecule has 0 heterocycles. The highest BCUT2D eigenvalue weighted by molar-refractivity contribution is 5.97. The van der Waals surface area contributed by atoms with Crippen LogP contribution in [0.2, 0.25) is 0 Å². The molecule has 122 valence electrons. The van der Waals surface area contributed by atoms with Gasteiger partial charge in [0.05, 0.1) is 17.2 Å². The molecule has 2 rings (SSSR count). The minimum Gasteiger partial charge on any atom is -0.449 e. The van der Waals surface area contributed by atoms with Gasteiger partial charge in [0.2, 0.25) is 0 Å². The van der Waals surface area contributed by atoms with Crippen LogP contribution < -0.4 is 5.32 Å². The van der Waals surface area contributed by atoms with Crippen LogP contribution in [0.15, 0.2) is 42.5 Å². The summed E-state index contributed by atoms with van der Waals surface area (Å²) in [5, 5.41) is 11.4. The van der Waals surface area contributed by atoms with Gasteiger partial charge in [0, 0.05) is 5.69 Å². The maximum Gasteiger partial charge on any atom is 0.338 e. The molecule has 0 saturated carbocycles. The number of rotatable bonds is 4. The molecule has 0 bridgehead atoms. The number of nitriles is 1. The zero-order valence-electron chi connectivity index (χ0n) is 13.8. The van der Waals surface area contributed by atoms with E-state index < -0.39 is 18.0 Å². The van der Waals surface area contributed by atoms with Gasteiger partial charge in [0.25, 0.3) is 5.91 Å². The zero-order chi connectivity index (χ0) is 17.7. The average Bonchev–Trinajstić information content (AvgIpc) is 2.54. The van der Waals surface area contributed by atoms with Crippen LogP contribution in [0, 0.1) is 25.2 Å². The summed E-state index contributed by atoms with van der Waals surface area (Å²) < 4.78 is 5.22. The molecule has 0 aliphatic heterocycles. The number of nitrogens with one attached hydrogen (secondary N) is 1. The zero-order valence-corrected chi connectivity index (χ0v) is 13.8. The topological polar surface area (TPSA) is 79.2 Å². The standard InChI is InChI=1S/C19H18N2O3/c1-12-8-13(2)10-16(9-12)19(23)24-14(3)18(22)21-17-6-4-15(11-20)5-7-17/h4-10,14H,1-3H3,(H,21,22)/t14-/m1/s1. The molecule has 2 aromatic rings. The highest BCUT2D eigenvalue weighted by atomic mass is 16.5. The molecular weight excluding hydrogens is 304 g/mol. The van der Waals surface area contributed by atoms with E-state index >= 15 is 0 Å². The number of amides is 1. The summed E-state index contributed by atoms with van der Waals surface area (Å²) in [5.41, 5.74) is 3.37. The van der Waals surface area contributed by atoms with E-state index in [1.807, 2.05) is 26.0 Å². The molecular formula is C19H18N2O3. The Morgan fingerprint density at radius 3 is 2.21 bits per heavy atom. The smallest absolute Gasteiger partial charge is 0.338 e. The predicted molar refractivity (Wildman–Crippen MR) is 90.6 cm³/mol. The van der Waals surface area contributed by atoms with Crippen molar-refractivity contribution in [1.29, 1.82) is 5.26 Å². The highest BCUT2D eigenvalue weighted by Crippen LogP contribution is 2.13. The Bertz CT molecular complexity index is 784. The van der Waals surface area contributed by atoms with Crippen LogP contribution >= 0.6 is 0 Å². The van der Waals surface area contributed by atoms with Gasteiger partial charge in [-0.1, -0.05) is 17.2 Å². The number of hydrogen-bond donors (Lipinski definition) is 1. The minimum atomic E-state index is -0.936. The van der Waals surface area contributed by atoms with Crippen molar-refractivity contribution in [3.05, 3.63) is 64.7 Å². The van der Waals surface area contributed by atoms with Crippen molar-refractivity contribution >= 4 is 17.6 Å². The second kappa shape index (κ2) is 7.42. The normalized spacial score (nSPS) is 11.2. The van der Waals surface area contributed by atoms with Crippen LogP contribution in [0.4, 0.5) is 5.69 Å². The third-order valence-electron chi connectivity index (χ3n) is 3.39. The Kier molecular flexibility index (Phi) is 5.33. The lowest BCUT2D eigenvalue weighted by Crippen LogP contribution is -2.30. The number of carbonyl (C=O) groups excluding carboxylic acids is 2. The average molecular weight is 322 g/mol. The van der Waals surface area contributed by atoms with E-state index in [1.54, 1.807) is 36.4 Å². The molecule has 0 saturated heterocycles. The van der Waals surface area contributed by atoms with Gasteiger partial charge in [-0.25, -0.2) is 4.79 Å². The van der Waals surface area contributed by atoms with E-state index in [9.17, 15) is 9.59 Å². The molecule has 0 fully saturated rings. The van der Waals surface area contributed by atoms with E-state index in [2.05, 4.69) is 5.32 Å². The van der Waals surface area contributed by atoms with Gasteiger partial charge in [-0.05, 0) is 57.2 Å². The fourth-order valence-corrected chi connectivity index (χ4v) is 2.25. The predicted octanol–water partition coefficient (Wildman–Crippen LogP) is 3.36. The van der Waals surface area contributed by atoms with Crippen molar-refractivity contribution in [2.75, 3.05) is 5.32 Å². The lowest BCUT2D eigenvalue weighted by atomic mass is 10.1. The Morgan fingerprint density at radius 1 is 1.08 bits per heavy atom. The van der Waals surface area contributed by atoms with Crippen molar-refractivity contribution in [1.82, 2.24) is 0 Å². The number of hydrogen-bond acceptors (Lipinski definition) is 4. The van der Waals surface area contributed by atoms with Gasteiger partial charge in [0.1, 0.15) is 0 Å². The summed E-state index contributed by atoms with van der Waals surface area (Å²) in [6.45, 7) is 5.30. The molecule has 0 spiro atoms. The first-order valence-electron chi connectivity index (χ1n) is 7.49. The summed E-state index contributed by atoms with van der Waals surface area (Å²) in [7, 11) is 0. The van der Waals surface area contributed by atoms with Crippen molar-refractivity contribution in [3.63, 3.8) is 0 Å². The second-order valence-electron chi connectivity index (χ2n) is 5.60. The first-order chi connectivity index (χ1) is 11.4. The first-order valence-corrected chi connectivity index (χ1v) is 7.49. The number of nitrogens with zero attached hydrogens (tertiary/aromatic N) is 1. The number of esters is 1. The van der Waals surface area contributed by atoms with Crippen LogP contribution in [0.1, 0.15) is 34.0 Å². The first kappa shape index (κ1) is 17.2. The van der Waals surface area contributed by atoms with Crippen molar-refractivity contribution in [2.45, 2.75) is 26.9 Å². The van der Waals surface area contributed by atoms with Gasteiger partial charge < -0.3 is 10.1 Å². The molecule has 24 heavy (non-hydrogen) atoms. The minimum absolute atomic E-state index is 0.422. The van der Waals surface area contributed by atoms with Crippen molar-refractivity contribution in [3.8, 4) is 6.07 Å². The number of carbonyl (C=O) groups is 2. The van der Waals surface area contributed by atoms with E-state index in [0.717, 1.165) is 11.1 Å². The van der Waals surface area contributed by atoms with Gasteiger partial charge >= 0.3 is 5.97 Å². The van der Waals surface area contributed by atoms with Crippen molar-refractivity contribution in [2.24, 2.45) is 0 Å². The van der Waals surface area contributed by atoms with E-state index in [0.29, 0.717) is 16.8 Å². The van der Waals surface area contributed by atoms with E-state index in [4.69, 9.17) is 10.00 Å². The Balaban J connectivity index is 2.00. The number of benzene rings is 2. The Morgan fingerprint density at radius 2 is 1.67 bits per heavy atom.